The van der Waals surface area contributed by atoms with Gasteiger partial charge in [-0.25, -0.2) is 8.42 Å². The lowest BCUT2D eigenvalue weighted by Crippen LogP contribution is -2.48. The topological polar surface area (TPSA) is 66.5 Å². The van der Waals surface area contributed by atoms with Crippen LogP contribution in [0.2, 0.25) is 10.0 Å². The van der Waals surface area contributed by atoms with E-state index in [9.17, 15) is 13.2 Å². The minimum atomic E-state index is -4.01. The summed E-state index contributed by atoms with van der Waals surface area (Å²) in [5.74, 6) is -0.418. The highest BCUT2D eigenvalue weighted by molar-refractivity contribution is 7.92. The van der Waals surface area contributed by atoms with Gasteiger partial charge in [0.1, 0.15) is 6.54 Å². The highest BCUT2D eigenvalue weighted by Crippen LogP contribution is 2.29. The van der Waals surface area contributed by atoms with E-state index in [2.05, 4.69) is 5.32 Å². The molecule has 0 unspecified atom stereocenters. The first-order valence-electron chi connectivity index (χ1n) is 8.81. The Balaban J connectivity index is 2.49. The molecule has 0 heterocycles. The zero-order valence-corrected chi connectivity index (χ0v) is 18.6. The van der Waals surface area contributed by atoms with E-state index in [4.69, 9.17) is 23.2 Å². The number of nitrogens with one attached hydrogen (secondary N) is 1. The molecule has 1 amide bonds. The maximum Gasteiger partial charge on any atom is 0.264 e. The molecule has 0 aliphatic heterocycles. The molecule has 28 heavy (non-hydrogen) atoms. The van der Waals surface area contributed by atoms with Crippen LogP contribution in [0.25, 0.3) is 0 Å². The van der Waals surface area contributed by atoms with Crippen LogP contribution in [0.5, 0.6) is 0 Å². The SMILES string of the molecule is CCC(C)(C)NC(=O)CN(c1cc(Cl)cc(Cl)c1)S(=O)(=O)c1ccc(C)cc1. The van der Waals surface area contributed by atoms with E-state index in [0.717, 1.165) is 9.87 Å². The molecule has 2 aromatic carbocycles. The summed E-state index contributed by atoms with van der Waals surface area (Å²) in [4.78, 5) is 12.7. The molecule has 0 atom stereocenters. The van der Waals surface area contributed by atoms with Gasteiger partial charge in [0.15, 0.2) is 0 Å². The molecule has 0 saturated heterocycles. The fourth-order valence-electron chi connectivity index (χ4n) is 2.47. The number of rotatable bonds is 7. The highest BCUT2D eigenvalue weighted by Gasteiger charge is 2.29. The van der Waals surface area contributed by atoms with E-state index in [1.54, 1.807) is 12.1 Å². The molecule has 0 bridgehead atoms. The lowest BCUT2D eigenvalue weighted by molar-refractivity contribution is -0.121. The smallest absolute Gasteiger partial charge is 0.264 e. The molecular formula is C20H24Cl2N2O3S. The van der Waals surface area contributed by atoms with Crippen molar-refractivity contribution in [3.05, 3.63) is 58.1 Å². The number of amides is 1. The average molecular weight is 443 g/mol. The van der Waals surface area contributed by atoms with Gasteiger partial charge in [0.2, 0.25) is 5.91 Å². The van der Waals surface area contributed by atoms with Gasteiger partial charge >= 0.3 is 0 Å². The molecule has 8 heteroatoms. The van der Waals surface area contributed by atoms with Crippen molar-refractivity contribution in [3.8, 4) is 0 Å². The molecule has 2 aromatic rings. The average Bonchev–Trinajstić information content (AvgIpc) is 2.58. The van der Waals surface area contributed by atoms with E-state index in [1.165, 1.54) is 30.3 Å². The van der Waals surface area contributed by atoms with Gasteiger partial charge in [-0.1, -0.05) is 47.8 Å². The van der Waals surface area contributed by atoms with E-state index in [1.807, 2.05) is 27.7 Å². The second-order valence-corrected chi connectivity index (χ2v) is 9.97. The van der Waals surface area contributed by atoms with Gasteiger partial charge in [-0.2, -0.15) is 0 Å². The van der Waals surface area contributed by atoms with Gasteiger partial charge in [0.05, 0.1) is 10.6 Å². The zero-order valence-electron chi connectivity index (χ0n) is 16.3. The summed E-state index contributed by atoms with van der Waals surface area (Å²) in [6, 6.07) is 10.9. The van der Waals surface area contributed by atoms with Crippen molar-refractivity contribution in [1.29, 1.82) is 0 Å². The van der Waals surface area contributed by atoms with Crippen molar-refractivity contribution in [3.63, 3.8) is 0 Å². The van der Waals surface area contributed by atoms with Gasteiger partial charge < -0.3 is 5.32 Å². The quantitative estimate of drug-likeness (QED) is 0.669. The number of aryl methyl sites for hydroxylation is 1. The first-order valence-corrected chi connectivity index (χ1v) is 11.0. The van der Waals surface area contributed by atoms with Gasteiger partial charge in [-0.3, -0.25) is 9.10 Å². The van der Waals surface area contributed by atoms with Crippen LogP contribution in [0.3, 0.4) is 0 Å². The van der Waals surface area contributed by atoms with Crippen LogP contribution in [0, 0.1) is 6.92 Å². The Hall–Kier alpha value is -1.76. The van der Waals surface area contributed by atoms with Gasteiger partial charge in [-0.15, -0.1) is 0 Å². The fraction of sp³-hybridized carbons (Fsp3) is 0.350. The third kappa shape index (κ3) is 5.63. The normalized spacial score (nSPS) is 11.9. The number of hydrogen-bond donors (Lipinski definition) is 1. The lowest BCUT2D eigenvalue weighted by atomic mass is 10.0. The predicted octanol–water partition coefficient (Wildman–Crippen LogP) is 4.80. The third-order valence-corrected chi connectivity index (χ3v) is 6.62. The monoisotopic (exact) mass is 442 g/mol. The molecular weight excluding hydrogens is 419 g/mol. The van der Waals surface area contributed by atoms with Gasteiger partial charge in [0, 0.05) is 15.6 Å². The number of benzene rings is 2. The van der Waals surface area contributed by atoms with E-state index in [-0.39, 0.29) is 20.6 Å². The Morgan fingerprint density at radius 1 is 1.07 bits per heavy atom. The van der Waals surface area contributed by atoms with Crippen LogP contribution in [0.1, 0.15) is 32.8 Å². The first kappa shape index (κ1) is 22.5. The summed E-state index contributed by atoms with van der Waals surface area (Å²) in [7, 11) is -4.01. The molecule has 0 aliphatic rings. The Bertz CT molecular complexity index is 938. The summed E-state index contributed by atoms with van der Waals surface area (Å²) >= 11 is 12.1. The lowest BCUT2D eigenvalue weighted by Gasteiger charge is -2.28. The Kier molecular flexibility index (Phi) is 7.02. The van der Waals surface area contributed by atoms with Crippen LogP contribution >= 0.6 is 23.2 Å². The van der Waals surface area contributed by atoms with E-state index >= 15 is 0 Å². The van der Waals surface area contributed by atoms with Crippen LogP contribution < -0.4 is 9.62 Å². The van der Waals surface area contributed by atoms with Crippen molar-refractivity contribution < 1.29 is 13.2 Å². The van der Waals surface area contributed by atoms with Crippen molar-refractivity contribution in [1.82, 2.24) is 5.32 Å². The van der Waals surface area contributed by atoms with Crippen molar-refractivity contribution in [2.75, 3.05) is 10.8 Å². The number of carbonyl (C=O) groups is 1. The molecule has 0 spiro atoms. The minimum absolute atomic E-state index is 0.0803. The van der Waals surface area contributed by atoms with Crippen molar-refractivity contribution in [2.24, 2.45) is 0 Å². The predicted molar refractivity (Wildman–Crippen MR) is 115 cm³/mol. The molecule has 0 radical (unpaired) electrons. The number of sulfonamides is 1. The standard InChI is InChI=1S/C20H24Cl2N2O3S/c1-5-20(3,4)23-19(25)13-24(17-11-15(21)10-16(22)12-17)28(26,27)18-8-6-14(2)7-9-18/h6-12H,5,13H2,1-4H3,(H,23,25). The zero-order chi connectivity index (χ0) is 21.1. The number of carbonyl (C=O) groups excluding carboxylic acids is 1. The summed E-state index contributed by atoms with van der Waals surface area (Å²) in [6.45, 7) is 7.17. The fourth-order valence-corrected chi connectivity index (χ4v) is 4.39. The summed E-state index contributed by atoms with van der Waals surface area (Å²) in [6.07, 6.45) is 0.701. The van der Waals surface area contributed by atoms with Crippen molar-refractivity contribution >= 4 is 44.8 Å². The molecule has 0 saturated carbocycles. The van der Waals surface area contributed by atoms with Crippen LogP contribution in [0.15, 0.2) is 47.4 Å². The summed E-state index contributed by atoms with van der Waals surface area (Å²) < 4.78 is 27.6. The Morgan fingerprint density at radius 3 is 2.11 bits per heavy atom. The van der Waals surface area contributed by atoms with E-state index in [0.29, 0.717) is 6.42 Å². The van der Waals surface area contributed by atoms with Crippen LogP contribution in [-0.2, 0) is 14.8 Å². The molecule has 2 rings (SSSR count). The minimum Gasteiger partial charge on any atom is -0.350 e. The molecule has 1 N–H and O–H groups in total. The molecule has 152 valence electrons. The number of anilines is 1. The van der Waals surface area contributed by atoms with Crippen LogP contribution in [-0.4, -0.2) is 26.4 Å². The second kappa shape index (κ2) is 8.72. The molecule has 0 aliphatic carbocycles. The van der Waals surface area contributed by atoms with Crippen molar-refractivity contribution in [2.45, 2.75) is 44.6 Å². The first-order chi connectivity index (χ1) is 12.9. The van der Waals surface area contributed by atoms with E-state index < -0.39 is 28.0 Å². The third-order valence-electron chi connectivity index (χ3n) is 4.39. The summed E-state index contributed by atoms with van der Waals surface area (Å²) in [5.41, 5.74) is 0.698. The number of hydrogen-bond acceptors (Lipinski definition) is 3. The van der Waals surface area contributed by atoms with Crippen LogP contribution in [0.4, 0.5) is 5.69 Å². The van der Waals surface area contributed by atoms with Gasteiger partial charge in [0.25, 0.3) is 10.0 Å². The molecule has 0 aromatic heterocycles. The Morgan fingerprint density at radius 2 is 1.61 bits per heavy atom. The Labute approximate surface area is 176 Å². The molecule has 0 fully saturated rings. The number of halogens is 2. The summed E-state index contributed by atoms with van der Waals surface area (Å²) in [5, 5.41) is 3.41. The maximum atomic E-state index is 13.3. The number of nitrogens with zero attached hydrogens (tertiary/aromatic N) is 1. The second-order valence-electron chi connectivity index (χ2n) is 7.24. The largest absolute Gasteiger partial charge is 0.350 e. The maximum absolute atomic E-state index is 13.3. The van der Waals surface area contributed by atoms with Gasteiger partial charge in [-0.05, 0) is 57.5 Å². The molecule has 5 nitrogen and oxygen atoms in total. The highest BCUT2D eigenvalue weighted by atomic mass is 35.5.